The van der Waals surface area contributed by atoms with E-state index < -0.39 is 0 Å². The van der Waals surface area contributed by atoms with Crippen LogP contribution < -0.4 is 4.74 Å². The van der Waals surface area contributed by atoms with Crippen LogP contribution in [0.3, 0.4) is 0 Å². The highest BCUT2D eigenvalue weighted by Gasteiger charge is 2.05. The smallest absolute Gasteiger partial charge is 0.222 e. The highest BCUT2D eigenvalue weighted by molar-refractivity contribution is 5.95. The number of hydrogen-bond donors (Lipinski definition) is 0. The van der Waals surface area contributed by atoms with Crippen LogP contribution in [-0.2, 0) is 0 Å². The number of rotatable bonds is 3. The van der Waals surface area contributed by atoms with E-state index in [-0.39, 0.29) is 5.82 Å². The third kappa shape index (κ3) is 3.78. The van der Waals surface area contributed by atoms with Crippen LogP contribution in [0.25, 0.3) is 0 Å². The zero-order valence-electron chi connectivity index (χ0n) is 10.6. The zero-order valence-corrected chi connectivity index (χ0v) is 10.6. The molecular weight excluding hydrogens is 241 g/mol. The fourth-order valence-corrected chi connectivity index (χ4v) is 1.47. The lowest BCUT2D eigenvalue weighted by Gasteiger charge is -2.08. The van der Waals surface area contributed by atoms with Crippen LogP contribution >= 0.6 is 0 Å². The van der Waals surface area contributed by atoms with Crippen molar-refractivity contribution in [1.29, 1.82) is 0 Å². The van der Waals surface area contributed by atoms with Crippen molar-refractivity contribution < 1.29 is 9.13 Å². The standard InChI is InChI=1S/C16H14FNO/c1-12(2)16(18-14-8-4-3-5-9-14)19-15-10-6-7-13(17)11-15/h3-11H,1H2,2H3. The second-order valence-electron chi connectivity index (χ2n) is 4.09. The number of para-hydroxylation sites is 1. The molecule has 2 aromatic rings. The molecule has 0 saturated heterocycles. The number of halogens is 1. The molecule has 96 valence electrons. The molecule has 0 N–H and O–H groups in total. The van der Waals surface area contributed by atoms with E-state index >= 15 is 0 Å². The highest BCUT2D eigenvalue weighted by Crippen LogP contribution is 2.17. The van der Waals surface area contributed by atoms with Gasteiger partial charge in [0.2, 0.25) is 5.90 Å². The molecule has 0 aromatic heterocycles. The molecule has 0 bridgehead atoms. The third-order valence-electron chi connectivity index (χ3n) is 2.36. The van der Waals surface area contributed by atoms with Gasteiger partial charge in [0, 0.05) is 11.6 Å². The maximum absolute atomic E-state index is 13.1. The minimum Gasteiger partial charge on any atom is -0.439 e. The Kier molecular flexibility index (Phi) is 4.08. The molecule has 0 spiro atoms. The molecule has 0 atom stereocenters. The molecule has 0 radical (unpaired) electrons. The summed E-state index contributed by atoms with van der Waals surface area (Å²) in [6, 6.07) is 15.3. The molecule has 2 nitrogen and oxygen atoms in total. The van der Waals surface area contributed by atoms with Crippen LogP contribution in [0.15, 0.2) is 71.7 Å². The quantitative estimate of drug-likeness (QED) is 0.584. The second kappa shape index (κ2) is 5.96. The van der Waals surface area contributed by atoms with Gasteiger partial charge in [-0.25, -0.2) is 9.38 Å². The van der Waals surface area contributed by atoms with E-state index in [4.69, 9.17) is 4.74 Å². The Labute approximate surface area is 111 Å². The number of ether oxygens (including phenoxy) is 1. The summed E-state index contributed by atoms with van der Waals surface area (Å²) in [4.78, 5) is 4.36. The van der Waals surface area contributed by atoms with E-state index in [9.17, 15) is 4.39 Å². The van der Waals surface area contributed by atoms with Crippen molar-refractivity contribution in [2.24, 2.45) is 4.99 Å². The van der Waals surface area contributed by atoms with Crippen molar-refractivity contribution in [3.8, 4) is 5.75 Å². The van der Waals surface area contributed by atoms with E-state index in [2.05, 4.69) is 11.6 Å². The van der Waals surface area contributed by atoms with Crippen LogP contribution in [0.2, 0.25) is 0 Å². The molecule has 0 heterocycles. The van der Waals surface area contributed by atoms with Gasteiger partial charge in [0.25, 0.3) is 0 Å². The summed E-state index contributed by atoms with van der Waals surface area (Å²) < 4.78 is 18.7. The van der Waals surface area contributed by atoms with Crippen molar-refractivity contribution in [1.82, 2.24) is 0 Å². The van der Waals surface area contributed by atoms with Crippen LogP contribution in [0.4, 0.5) is 10.1 Å². The predicted octanol–water partition coefficient (Wildman–Crippen LogP) is 4.51. The van der Waals surface area contributed by atoms with Crippen LogP contribution in [0, 0.1) is 5.82 Å². The number of benzene rings is 2. The van der Waals surface area contributed by atoms with Gasteiger partial charge in [-0.3, -0.25) is 0 Å². The molecular formula is C16H14FNO. The van der Waals surface area contributed by atoms with Gasteiger partial charge in [-0.2, -0.15) is 0 Å². The summed E-state index contributed by atoms with van der Waals surface area (Å²) in [6.07, 6.45) is 0. The van der Waals surface area contributed by atoms with Crippen LogP contribution in [0.5, 0.6) is 5.75 Å². The van der Waals surface area contributed by atoms with Crippen molar-refractivity contribution in [3.05, 3.63) is 72.6 Å². The Bertz CT molecular complexity index is 605. The average molecular weight is 255 g/mol. The Morgan fingerprint density at radius 1 is 1.11 bits per heavy atom. The van der Waals surface area contributed by atoms with Gasteiger partial charge in [-0.05, 0) is 31.2 Å². The molecule has 0 fully saturated rings. The number of nitrogens with zero attached hydrogens (tertiary/aromatic N) is 1. The Balaban J connectivity index is 2.27. The lowest BCUT2D eigenvalue weighted by molar-refractivity contribution is 0.539. The second-order valence-corrected chi connectivity index (χ2v) is 4.09. The first kappa shape index (κ1) is 13.0. The summed E-state index contributed by atoms with van der Waals surface area (Å²) in [5.41, 5.74) is 1.44. The molecule has 19 heavy (non-hydrogen) atoms. The summed E-state index contributed by atoms with van der Waals surface area (Å²) in [7, 11) is 0. The molecule has 0 amide bonds. The van der Waals surface area contributed by atoms with E-state index in [1.54, 1.807) is 19.1 Å². The minimum absolute atomic E-state index is 0.349. The molecule has 0 aliphatic rings. The van der Waals surface area contributed by atoms with E-state index in [1.807, 2.05) is 30.3 Å². The average Bonchev–Trinajstić information content (AvgIpc) is 2.39. The fourth-order valence-electron chi connectivity index (χ4n) is 1.47. The van der Waals surface area contributed by atoms with Gasteiger partial charge in [0.15, 0.2) is 0 Å². The van der Waals surface area contributed by atoms with E-state index in [1.165, 1.54) is 12.1 Å². The first-order valence-corrected chi connectivity index (χ1v) is 5.88. The molecule has 0 unspecified atom stereocenters. The lowest BCUT2D eigenvalue weighted by atomic mass is 10.3. The summed E-state index contributed by atoms with van der Waals surface area (Å²) >= 11 is 0. The predicted molar refractivity (Wildman–Crippen MR) is 75.4 cm³/mol. The van der Waals surface area contributed by atoms with Crippen molar-refractivity contribution >= 4 is 11.6 Å². The fraction of sp³-hybridized carbons (Fsp3) is 0.0625. The van der Waals surface area contributed by atoms with Gasteiger partial charge in [-0.15, -0.1) is 0 Å². The highest BCUT2D eigenvalue weighted by atomic mass is 19.1. The topological polar surface area (TPSA) is 21.6 Å². The molecule has 0 aliphatic carbocycles. The molecule has 3 heteroatoms. The van der Waals surface area contributed by atoms with Gasteiger partial charge in [0.1, 0.15) is 11.6 Å². The number of aliphatic imine (C=N–C) groups is 1. The van der Waals surface area contributed by atoms with Gasteiger partial charge in [0.05, 0.1) is 5.69 Å². The Morgan fingerprint density at radius 3 is 2.47 bits per heavy atom. The zero-order chi connectivity index (χ0) is 13.7. The monoisotopic (exact) mass is 255 g/mol. The Hall–Kier alpha value is -2.42. The van der Waals surface area contributed by atoms with Crippen molar-refractivity contribution in [2.45, 2.75) is 6.92 Å². The van der Waals surface area contributed by atoms with E-state index in [0.29, 0.717) is 17.2 Å². The van der Waals surface area contributed by atoms with Crippen molar-refractivity contribution in [3.63, 3.8) is 0 Å². The van der Waals surface area contributed by atoms with Crippen molar-refractivity contribution in [2.75, 3.05) is 0 Å². The normalized spacial score (nSPS) is 11.2. The minimum atomic E-state index is -0.349. The van der Waals surface area contributed by atoms with Crippen LogP contribution in [-0.4, -0.2) is 5.90 Å². The summed E-state index contributed by atoms with van der Waals surface area (Å²) in [5, 5.41) is 0. The maximum atomic E-state index is 13.1. The maximum Gasteiger partial charge on any atom is 0.222 e. The molecule has 0 saturated carbocycles. The first-order chi connectivity index (χ1) is 9.15. The third-order valence-corrected chi connectivity index (χ3v) is 2.36. The Morgan fingerprint density at radius 2 is 1.84 bits per heavy atom. The molecule has 2 rings (SSSR count). The van der Waals surface area contributed by atoms with Gasteiger partial charge < -0.3 is 4.74 Å². The van der Waals surface area contributed by atoms with Gasteiger partial charge >= 0.3 is 0 Å². The first-order valence-electron chi connectivity index (χ1n) is 5.88. The lowest BCUT2D eigenvalue weighted by Crippen LogP contribution is -2.09. The van der Waals surface area contributed by atoms with Crippen LogP contribution in [0.1, 0.15) is 6.92 Å². The summed E-state index contributed by atoms with van der Waals surface area (Å²) in [6.45, 7) is 5.61. The SMILES string of the molecule is C=C(C)C(=Nc1ccccc1)Oc1cccc(F)c1. The summed E-state index contributed by atoms with van der Waals surface area (Å²) in [5.74, 6) is 0.424. The van der Waals surface area contributed by atoms with Gasteiger partial charge in [-0.1, -0.05) is 30.8 Å². The largest absolute Gasteiger partial charge is 0.439 e. The molecule has 0 aliphatic heterocycles. The molecule has 2 aromatic carbocycles. The van der Waals surface area contributed by atoms with E-state index in [0.717, 1.165) is 5.69 Å². The number of hydrogen-bond acceptors (Lipinski definition) is 2.